The van der Waals surface area contributed by atoms with Crippen LogP contribution in [0.3, 0.4) is 0 Å². The highest BCUT2D eigenvalue weighted by Gasteiger charge is 2.15. The highest BCUT2D eigenvalue weighted by molar-refractivity contribution is 14.1. The van der Waals surface area contributed by atoms with E-state index in [0.29, 0.717) is 35.3 Å². The van der Waals surface area contributed by atoms with Gasteiger partial charge in [-0.05, 0) is 83.1 Å². The van der Waals surface area contributed by atoms with Crippen molar-refractivity contribution >= 4 is 51.9 Å². The van der Waals surface area contributed by atoms with E-state index >= 15 is 0 Å². The summed E-state index contributed by atoms with van der Waals surface area (Å²) in [6.45, 7) is 2.54. The number of anilines is 1. The lowest BCUT2D eigenvalue weighted by Crippen LogP contribution is -2.14. The molecule has 0 unspecified atom stereocenters. The summed E-state index contributed by atoms with van der Waals surface area (Å²) in [5.41, 5.74) is 1.29. The molecule has 0 spiro atoms. The van der Waals surface area contributed by atoms with Gasteiger partial charge < -0.3 is 14.8 Å². The lowest BCUT2D eigenvalue weighted by Gasteiger charge is -2.15. The zero-order valence-corrected chi connectivity index (χ0v) is 20.5. The third-order valence-electron chi connectivity index (χ3n) is 4.40. The highest BCUT2D eigenvalue weighted by atomic mass is 127. The second-order valence-corrected chi connectivity index (χ2v) is 8.38. The van der Waals surface area contributed by atoms with Gasteiger partial charge in [0.05, 0.1) is 15.9 Å². The molecule has 33 heavy (non-hydrogen) atoms. The van der Waals surface area contributed by atoms with Crippen LogP contribution in [-0.2, 0) is 11.4 Å². The van der Waals surface area contributed by atoms with Gasteiger partial charge in [-0.1, -0.05) is 35.9 Å². The SMILES string of the molecule is CCOc1cc(/C=C(\C#N)C(=O)Nc2ccccc2F)cc(I)c1OCc1cccc(Cl)c1. The van der Waals surface area contributed by atoms with Crippen LogP contribution in [0.2, 0.25) is 5.02 Å². The molecule has 1 amide bonds. The van der Waals surface area contributed by atoms with Gasteiger partial charge in [0.2, 0.25) is 0 Å². The Morgan fingerprint density at radius 3 is 2.67 bits per heavy atom. The predicted molar refractivity (Wildman–Crippen MR) is 135 cm³/mol. The number of para-hydroxylation sites is 1. The van der Waals surface area contributed by atoms with Crippen molar-refractivity contribution in [1.82, 2.24) is 0 Å². The number of hydrogen-bond donors (Lipinski definition) is 1. The van der Waals surface area contributed by atoms with Crippen LogP contribution >= 0.6 is 34.2 Å². The van der Waals surface area contributed by atoms with Crippen LogP contribution in [0.4, 0.5) is 10.1 Å². The Hall–Kier alpha value is -3.09. The van der Waals surface area contributed by atoms with Gasteiger partial charge in [0.25, 0.3) is 5.91 Å². The minimum absolute atomic E-state index is 0.00185. The molecule has 0 saturated carbocycles. The number of carbonyl (C=O) groups excluding carboxylic acids is 1. The molecule has 0 aliphatic rings. The largest absolute Gasteiger partial charge is 0.490 e. The molecule has 0 fully saturated rings. The van der Waals surface area contributed by atoms with E-state index in [2.05, 4.69) is 27.9 Å². The first-order valence-electron chi connectivity index (χ1n) is 9.92. The molecule has 3 rings (SSSR count). The van der Waals surface area contributed by atoms with Crippen LogP contribution in [0.15, 0.2) is 66.2 Å². The lowest BCUT2D eigenvalue weighted by molar-refractivity contribution is -0.112. The van der Waals surface area contributed by atoms with Crippen LogP contribution in [0.5, 0.6) is 11.5 Å². The monoisotopic (exact) mass is 576 g/mol. The number of rotatable bonds is 8. The molecular formula is C25H19ClFIN2O3. The summed E-state index contributed by atoms with van der Waals surface area (Å²) in [5.74, 6) is -0.275. The average Bonchev–Trinajstić information content (AvgIpc) is 2.78. The second-order valence-electron chi connectivity index (χ2n) is 6.79. The van der Waals surface area contributed by atoms with Crippen molar-refractivity contribution in [1.29, 1.82) is 5.26 Å². The minimum Gasteiger partial charge on any atom is -0.490 e. The molecule has 5 nitrogen and oxygen atoms in total. The third-order valence-corrected chi connectivity index (χ3v) is 5.44. The van der Waals surface area contributed by atoms with Crippen LogP contribution in [0, 0.1) is 20.7 Å². The number of ether oxygens (including phenoxy) is 2. The summed E-state index contributed by atoms with van der Waals surface area (Å²) in [4.78, 5) is 12.5. The Morgan fingerprint density at radius 1 is 1.18 bits per heavy atom. The first-order chi connectivity index (χ1) is 15.9. The fraction of sp³-hybridized carbons (Fsp3) is 0.120. The zero-order chi connectivity index (χ0) is 23.8. The Labute approximate surface area is 209 Å². The third kappa shape index (κ3) is 6.70. The summed E-state index contributed by atoms with van der Waals surface area (Å²) in [6, 6.07) is 18.4. The smallest absolute Gasteiger partial charge is 0.266 e. The molecule has 0 bridgehead atoms. The van der Waals surface area contributed by atoms with Crippen molar-refractivity contribution in [2.24, 2.45) is 0 Å². The topological polar surface area (TPSA) is 71.3 Å². The molecule has 8 heteroatoms. The van der Waals surface area contributed by atoms with E-state index < -0.39 is 11.7 Å². The predicted octanol–water partition coefficient (Wildman–Crippen LogP) is 6.61. The number of halogens is 3. The van der Waals surface area contributed by atoms with Crippen molar-refractivity contribution in [2.75, 3.05) is 11.9 Å². The van der Waals surface area contributed by atoms with Crippen LogP contribution in [0.1, 0.15) is 18.1 Å². The van der Waals surface area contributed by atoms with E-state index in [1.165, 1.54) is 24.3 Å². The molecule has 0 heterocycles. The number of benzene rings is 3. The van der Waals surface area contributed by atoms with E-state index in [-0.39, 0.29) is 11.3 Å². The minimum atomic E-state index is -0.711. The molecule has 0 radical (unpaired) electrons. The quantitative estimate of drug-likeness (QED) is 0.186. The summed E-state index contributed by atoms with van der Waals surface area (Å²) in [6.07, 6.45) is 1.42. The molecule has 168 valence electrons. The van der Waals surface area contributed by atoms with Crippen LogP contribution in [0.25, 0.3) is 6.08 Å². The molecule has 3 aromatic carbocycles. The second kappa shape index (κ2) is 11.7. The molecule has 0 aliphatic carbocycles. The van der Waals surface area contributed by atoms with Gasteiger partial charge in [0, 0.05) is 5.02 Å². The van der Waals surface area contributed by atoms with Gasteiger partial charge in [-0.15, -0.1) is 0 Å². The Kier molecular flexibility index (Phi) is 8.69. The average molecular weight is 577 g/mol. The van der Waals surface area contributed by atoms with Crippen LogP contribution < -0.4 is 14.8 Å². The maximum atomic E-state index is 13.8. The van der Waals surface area contributed by atoms with Crippen molar-refractivity contribution in [3.63, 3.8) is 0 Å². The van der Waals surface area contributed by atoms with Gasteiger partial charge in [-0.25, -0.2) is 4.39 Å². The van der Waals surface area contributed by atoms with Gasteiger partial charge in [-0.2, -0.15) is 5.26 Å². The Bertz CT molecular complexity index is 1240. The maximum Gasteiger partial charge on any atom is 0.266 e. The van der Waals surface area contributed by atoms with Crippen LogP contribution in [-0.4, -0.2) is 12.5 Å². The first kappa shape index (κ1) is 24.6. The molecule has 0 saturated heterocycles. The van der Waals surface area contributed by atoms with Gasteiger partial charge in [0.1, 0.15) is 24.1 Å². The molecular weight excluding hydrogens is 558 g/mol. The number of nitrogens with zero attached hydrogens (tertiary/aromatic N) is 1. The number of hydrogen-bond acceptors (Lipinski definition) is 4. The summed E-state index contributed by atoms with van der Waals surface area (Å²) < 4.78 is 26.3. The van der Waals surface area contributed by atoms with Gasteiger partial charge >= 0.3 is 0 Å². The summed E-state index contributed by atoms with van der Waals surface area (Å²) >= 11 is 8.15. The van der Waals surface area contributed by atoms with Gasteiger partial charge in [0.15, 0.2) is 11.5 Å². The Morgan fingerprint density at radius 2 is 1.97 bits per heavy atom. The normalized spacial score (nSPS) is 10.9. The molecule has 0 aromatic heterocycles. The number of carbonyl (C=O) groups is 1. The molecule has 0 aliphatic heterocycles. The summed E-state index contributed by atoms with van der Waals surface area (Å²) in [7, 11) is 0. The van der Waals surface area contributed by atoms with Crippen molar-refractivity contribution < 1.29 is 18.7 Å². The van der Waals surface area contributed by atoms with E-state index in [1.807, 2.05) is 31.2 Å². The Balaban J connectivity index is 1.86. The van der Waals surface area contributed by atoms with Crippen molar-refractivity contribution in [3.05, 3.63) is 91.8 Å². The standard InChI is InChI=1S/C25H19ClFIN2O3/c1-2-32-23-13-17(10-18(14-29)25(31)30-22-9-4-3-8-20(22)27)12-21(28)24(23)33-15-16-6-5-7-19(26)11-16/h3-13H,2,15H2,1H3,(H,30,31)/b18-10+. The van der Waals surface area contributed by atoms with E-state index in [9.17, 15) is 14.4 Å². The molecule has 3 aromatic rings. The van der Waals surface area contributed by atoms with E-state index in [4.69, 9.17) is 21.1 Å². The fourth-order valence-corrected chi connectivity index (χ4v) is 3.92. The zero-order valence-electron chi connectivity index (χ0n) is 17.6. The fourth-order valence-electron chi connectivity index (χ4n) is 2.92. The lowest BCUT2D eigenvalue weighted by atomic mass is 10.1. The van der Waals surface area contributed by atoms with Crippen molar-refractivity contribution in [3.8, 4) is 17.6 Å². The van der Waals surface area contributed by atoms with Crippen molar-refractivity contribution in [2.45, 2.75) is 13.5 Å². The summed E-state index contributed by atoms with van der Waals surface area (Å²) in [5, 5.41) is 12.5. The van der Waals surface area contributed by atoms with Gasteiger partial charge in [-0.3, -0.25) is 4.79 Å². The number of nitrogens with one attached hydrogen (secondary N) is 1. The highest BCUT2D eigenvalue weighted by Crippen LogP contribution is 2.35. The van der Waals surface area contributed by atoms with E-state index in [0.717, 1.165) is 9.13 Å². The van der Waals surface area contributed by atoms with E-state index in [1.54, 1.807) is 24.3 Å². The molecule has 1 N–H and O–H groups in total. The number of amides is 1. The first-order valence-corrected chi connectivity index (χ1v) is 11.4. The molecule has 0 atom stereocenters. The maximum absolute atomic E-state index is 13.8. The number of nitriles is 1.